The zero-order valence-corrected chi connectivity index (χ0v) is 11.5. The molecule has 0 bridgehead atoms. The zero-order chi connectivity index (χ0) is 13.1. The van der Waals surface area contributed by atoms with Crippen LogP contribution in [0, 0.1) is 13.8 Å². The van der Waals surface area contributed by atoms with Crippen LogP contribution in [0.2, 0.25) is 0 Å². The lowest BCUT2D eigenvalue weighted by atomic mass is 10.2. The standard InChI is InChI=1S/C12H18ClN5/c1-8-15-11(14)10-12(16-8)18(9(2)17-10)7-5-3-4-6-13/h3-7H2,1-2H3,(H2,14,15,16). The third-order valence-electron chi connectivity index (χ3n) is 2.94. The zero-order valence-electron chi connectivity index (χ0n) is 10.8. The first-order valence-electron chi connectivity index (χ1n) is 6.16. The van der Waals surface area contributed by atoms with Crippen molar-refractivity contribution in [3.8, 4) is 0 Å². The van der Waals surface area contributed by atoms with Gasteiger partial charge in [-0.2, -0.15) is 0 Å². The molecule has 0 fully saturated rings. The molecule has 0 spiro atoms. The number of aryl methyl sites for hydroxylation is 3. The highest BCUT2D eigenvalue weighted by atomic mass is 35.5. The number of hydrogen-bond donors (Lipinski definition) is 1. The predicted octanol–water partition coefficient (Wildman–Crippen LogP) is 2.43. The van der Waals surface area contributed by atoms with Crippen LogP contribution < -0.4 is 5.73 Å². The van der Waals surface area contributed by atoms with Crippen molar-refractivity contribution in [1.29, 1.82) is 0 Å². The number of anilines is 1. The molecule has 0 aliphatic carbocycles. The molecule has 98 valence electrons. The first-order valence-corrected chi connectivity index (χ1v) is 6.70. The number of aromatic nitrogens is 4. The van der Waals surface area contributed by atoms with E-state index in [-0.39, 0.29) is 0 Å². The Balaban J connectivity index is 2.29. The fourth-order valence-corrected chi connectivity index (χ4v) is 2.24. The Morgan fingerprint density at radius 2 is 1.89 bits per heavy atom. The Bertz CT molecular complexity index is 549. The van der Waals surface area contributed by atoms with E-state index in [2.05, 4.69) is 19.5 Å². The number of rotatable bonds is 5. The quantitative estimate of drug-likeness (QED) is 0.667. The summed E-state index contributed by atoms with van der Waals surface area (Å²) in [7, 11) is 0. The summed E-state index contributed by atoms with van der Waals surface area (Å²) >= 11 is 5.67. The predicted molar refractivity (Wildman–Crippen MR) is 73.8 cm³/mol. The summed E-state index contributed by atoms with van der Waals surface area (Å²) < 4.78 is 2.11. The molecule has 0 amide bonds. The van der Waals surface area contributed by atoms with E-state index in [0.29, 0.717) is 17.2 Å². The van der Waals surface area contributed by atoms with Crippen molar-refractivity contribution in [2.45, 2.75) is 39.7 Å². The molecule has 5 nitrogen and oxygen atoms in total. The Hall–Kier alpha value is -1.36. The van der Waals surface area contributed by atoms with Gasteiger partial charge in [-0.1, -0.05) is 6.42 Å². The highest BCUT2D eigenvalue weighted by Gasteiger charge is 2.12. The van der Waals surface area contributed by atoms with Gasteiger partial charge in [0, 0.05) is 12.4 Å². The fourth-order valence-electron chi connectivity index (χ4n) is 2.05. The van der Waals surface area contributed by atoms with E-state index in [0.717, 1.165) is 43.2 Å². The maximum absolute atomic E-state index is 5.87. The van der Waals surface area contributed by atoms with Gasteiger partial charge in [0.15, 0.2) is 17.0 Å². The van der Waals surface area contributed by atoms with Gasteiger partial charge in [0.1, 0.15) is 11.6 Å². The fraction of sp³-hybridized carbons (Fsp3) is 0.583. The average Bonchev–Trinajstić information content (AvgIpc) is 2.62. The lowest BCUT2D eigenvalue weighted by Crippen LogP contribution is -2.03. The Kier molecular flexibility index (Phi) is 4.01. The lowest BCUT2D eigenvalue weighted by molar-refractivity contribution is 0.600. The van der Waals surface area contributed by atoms with Crippen molar-refractivity contribution < 1.29 is 0 Å². The third kappa shape index (κ3) is 2.56. The highest BCUT2D eigenvalue weighted by Crippen LogP contribution is 2.19. The Labute approximate surface area is 111 Å². The minimum absolute atomic E-state index is 0.458. The molecule has 0 aromatic carbocycles. The molecular weight excluding hydrogens is 250 g/mol. The van der Waals surface area contributed by atoms with Crippen LogP contribution in [0.25, 0.3) is 11.2 Å². The van der Waals surface area contributed by atoms with Crippen molar-refractivity contribution in [1.82, 2.24) is 19.5 Å². The van der Waals surface area contributed by atoms with E-state index >= 15 is 0 Å². The van der Waals surface area contributed by atoms with Crippen LogP contribution in [-0.2, 0) is 6.54 Å². The van der Waals surface area contributed by atoms with Gasteiger partial charge in [-0.3, -0.25) is 0 Å². The number of fused-ring (bicyclic) bond motifs is 1. The lowest BCUT2D eigenvalue weighted by Gasteiger charge is -2.06. The minimum atomic E-state index is 0.458. The largest absolute Gasteiger partial charge is 0.382 e. The second-order valence-electron chi connectivity index (χ2n) is 4.39. The summed E-state index contributed by atoms with van der Waals surface area (Å²) in [5, 5.41) is 0. The summed E-state index contributed by atoms with van der Waals surface area (Å²) in [4.78, 5) is 13.0. The van der Waals surface area contributed by atoms with Crippen LogP contribution >= 0.6 is 11.6 Å². The summed E-state index contributed by atoms with van der Waals surface area (Å²) in [6.45, 7) is 4.71. The molecule has 0 saturated carbocycles. The Morgan fingerprint density at radius 3 is 2.61 bits per heavy atom. The van der Waals surface area contributed by atoms with Crippen LogP contribution in [0.4, 0.5) is 5.82 Å². The van der Waals surface area contributed by atoms with E-state index in [1.807, 2.05) is 13.8 Å². The average molecular weight is 268 g/mol. The van der Waals surface area contributed by atoms with Gasteiger partial charge < -0.3 is 10.3 Å². The summed E-state index contributed by atoms with van der Waals surface area (Å²) in [5.41, 5.74) is 7.41. The number of nitrogen functional groups attached to an aromatic ring is 1. The molecule has 2 aromatic heterocycles. The van der Waals surface area contributed by atoms with Crippen molar-refractivity contribution in [2.75, 3.05) is 11.6 Å². The first kappa shape index (κ1) is 13.1. The van der Waals surface area contributed by atoms with Gasteiger partial charge in [-0.25, -0.2) is 15.0 Å². The number of nitrogens with two attached hydrogens (primary N) is 1. The first-order chi connectivity index (χ1) is 8.63. The van der Waals surface area contributed by atoms with Crippen molar-refractivity contribution in [3.05, 3.63) is 11.6 Å². The normalized spacial score (nSPS) is 11.3. The summed E-state index contributed by atoms with van der Waals surface area (Å²) in [5.74, 6) is 2.79. The van der Waals surface area contributed by atoms with E-state index < -0.39 is 0 Å². The maximum Gasteiger partial charge on any atom is 0.165 e. The van der Waals surface area contributed by atoms with Crippen LogP contribution in [0.15, 0.2) is 0 Å². The molecule has 0 atom stereocenters. The molecule has 0 aliphatic heterocycles. The molecule has 0 unspecified atom stereocenters. The van der Waals surface area contributed by atoms with Crippen LogP contribution in [0.1, 0.15) is 30.9 Å². The number of alkyl halides is 1. The topological polar surface area (TPSA) is 69.6 Å². The van der Waals surface area contributed by atoms with Gasteiger partial charge in [0.2, 0.25) is 0 Å². The molecule has 6 heteroatoms. The van der Waals surface area contributed by atoms with Crippen LogP contribution in [0.5, 0.6) is 0 Å². The van der Waals surface area contributed by atoms with E-state index in [1.54, 1.807) is 0 Å². The summed E-state index contributed by atoms with van der Waals surface area (Å²) in [6.07, 6.45) is 3.23. The third-order valence-corrected chi connectivity index (χ3v) is 3.21. The second kappa shape index (κ2) is 5.52. The SMILES string of the molecule is Cc1nc(N)c2nc(C)n(CCCCCCl)c2n1. The Morgan fingerprint density at radius 1 is 1.11 bits per heavy atom. The number of imidazole rings is 1. The van der Waals surface area contributed by atoms with Gasteiger partial charge in [-0.05, 0) is 26.7 Å². The smallest absolute Gasteiger partial charge is 0.165 e. The monoisotopic (exact) mass is 267 g/mol. The molecule has 2 aromatic rings. The molecule has 2 heterocycles. The number of nitrogens with zero attached hydrogens (tertiary/aromatic N) is 4. The molecule has 0 radical (unpaired) electrons. The summed E-state index contributed by atoms with van der Waals surface area (Å²) in [6, 6.07) is 0. The van der Waals surface area contributed by atoms with Crippen LogP contribution in [-0.4, -0.2) is 25.4 Å². The molecule has 18 heavy (non-hydrogen) atoms. The van der Waals surface area contributed by atoms with Gasteiger partial charge in [0.05, 0.1) is 0 Å². The van der Waals surface area contributed by atoms with Crippen molar-refractivity contribution in [3.63, 3.8) is 0 Å². The molecular formula is C12H18ClN5. The molecule has 0 aliphatic rings. The number of unbranched alkanes of at least 4 members (excludes halogenated alkanes) is 2. The highest BCUT2D eigenvalue weighted by molar-refractivity contribution is 6.17. The van der Waals surface area contributed by atoms with Gasteiger partial charge in [0.25, 0.3) is 0 Å². The number of hydrogen-bond acceptors (Lipinski definition) is 4. The van der Waals surface area contributed by atoms with E-state index in [4.69, 9.17) is 17.3 Å². The van der Waals surface area contributed by atoms with Gasteiger partial charge in [-0.15, -0.1) is 11.6 Å². The maximum atomic E-state index is 5.87. The van der Waals surface area contributed by atoms with E-state index in [1.165, 1.54) is 0 Å². The molecule has 0 saturated heterocycles. The second-order valence-corrected chi connectivity index (χ2v) is 4.77. The van der Waals surface area contributed by atoms with Gasteiger partial charge >= 0.3 is 0 Å². The van der Waals surface area contributed by atoms with Crippen molar-refractivity contribution in [2.24, 2.45) is 0 Å². The molecule has 2 N–H and O–H groups in total. The van der Waals surface area contributed by atoms with E-state index in [9.17, 15) is 0 Å². The minimum Gasteiger partial charge on any atom is -0.382 e. The molecule has 2 rings (SSSR count). The van der Waals surface area contributed by atoms with Crippen LogP contribution in [0.3, 0.4) is 0 Å². The number of halogens is 1. The van der Waals surface area contributed by atoms with Crippen molar-refractivity contribution >= 4 is 28.6 Å².